The van der Waals surface area contributed by atoms with E-state index in [0.29, 0.717) is 26.9 Å². The highest BCUT2D eigenvalue weighted by Gasteiger charge is 2.37. The molecule has 2 amide bonds. The summed E-state index contributed by atoms with van der Waals surface area (Å²) in [6, 6.07) is 11.6. The maximum absolute atomic E-state index is 13.0. The molecule has 2 heterocycles. The fourth-order valence-corrected chi connectivity index (χ4v) is 5.11. The molecule has 0 bridgehead atoms. The van der Waals surface area contributed by atoms with Crippen LogP contribution in [0.1, 0.15) is 44.2 Å². The molecule has 1 aromatic heterocycles. The molecule has 0 saturated heterocycles. The number of anilines is 1. The maximum Gasteiger partial charge on any atom is 0.346 e. The molecule has 1 N–H and O–H groups in total. The molecule has 31 heavy (non-hydrogen) atoms. The third-order valence-corrected chi connectivity index (χ3v) is 6.54. The minimum Gasteiger partial charge on any atom is -0.486 e. The SMILES string of the molecule is CC(Oc1cccc(N2C(=O)Cc3csc(C(=O)O)c3C2=O)c1)c1c(Cl)cccc1Cl. The predicted octanol–water partition coefficient (Wildman–Crippen LogP) is 5.62. The van der Waals surface area contributed by atoms with E-state index in [-0.39, 0.29) is 22.5 Å². The van der Waals surface area contributed by atoms with Gasteiger partial charge in [0.25, 0.3) is 5.91 Å². The lowest BCUT2D eigenvalue weighted by Gasteiger charge is -2.26. The van der Waals surface area contributed by atoms with Crippen LogP contribution in [0.2, 0.25) is 10.0 Å². The summed E-state index contributed by atoms with van der Waals surface area (Å²) in [5, 5.41) is 11.8. The summed E-state index contributed by atoms with van der Waals surface area (Å²) in [5.74, 6) is -1.90. The lowest BCUT2D eigenvalue weighted by molar-refractivity contribution is -0.117. The number of carbonyl (C=O) groups is 3. The van der Waals surface area contributed by atoms with Crippen molar-refractivity contribution in [2.45, 2.75) is 19.4 Å². The van der Waals surface area contributed by atoms with E-state index in [1.165, 1.54) is 0 Å². The molecule has 0 aliphatic carbocycles. The normalized spacial score (nSPS) is 14.4. The second kappa shape index (κ2) is 8.34. The number of amides is 2. The van der Waals surface area contributed by atoms with Crippen molar-refractivity contribution in [1.29, 1.82) is 0 Å². The van der Waals surface area contributed by atoms with Gasteiger partial charge in [0.1, 0.15) is 16.7 Å². The number of hydrogen-bond donors (Lipinski definition) is 1. The highest BCUT2D eigenvalue weighted by atomic mass is 35.5. The first-order chi connectivity index (χ1) is 14.8. The second-order valence-electron chi connectivity index (χ2n) is 6.87. The van der Waals surface area contributed by atoms with Gasteiger partial charge in [0.15, 0.2) is 0 Å². The van der Waals surface area contributed by atoms with Crippen molar-refractivity contribution in [3.8, 4) is 5.75 Å². The third-order valence-electron chi connectivity index (χ3n) is 4.86. The van der Waals surface area contributed by atoms with Crippen LogP contribution in [0.4, 0.5) is 5.69 Å². The number of halogens is 2. The van der Waals surface area contributed by atoms with Crippen molar-refractivity contribution in [3.63, 3.8) is 0 Å². The number of hydrogen-bond acceptors (Lipinski definition) is 5. The molecular weight excluding hydrogens is 461 g/mol. The van der Waals surface area contributed by atoms with E-state index in [4.69, 9.17) is 27.9 Å². The molecule has 6 nitrogen and oxygen atoms in total. The standard InChI is InChI=1S/C22H15Cl2NO5S/c1-11(18-15(23)6-3-7-16(18)24)30-14-5-2-4-13(9-14)25-17(26)8-12-10-31-20(22(28)29)19(12)21(25)27/h2-7,9-11H,8H2,1H3,(H,28,29). The Bertz CT molecular complexity index is 1200. The van der Waals surface area contributed by atoms with Gasteiger partial charge < -0.3 is 9.84 Å². The van der Waals surface area contributed by atoms with Crippen LogP contribution in [0.5, 0.6) is 5.75 Å². The Morgan fingerprint density at radius 3 is 2.52 bits per heavy atom. The topological polar surface area (TPSA) is 83.9 Å². The van der Waals surface area contributed by atoms with Crippen LogP contribution in [-0.2, 0) is 11.2 Å². The molecule has 0 radical (unpaired) electrons. The van der Waals surface area contributed by atoms with Gasteiger partial charge in [-0.25, -0.2) is 9.69 Å². The van der Waals surface area contributed by atoms with Crippen LogP contribution in [0, 0.1) is 0 Å². The molecule has 3 aromatic rings. The van der Waals surface area contributed by atoms with Crippen molar-refractivity contribution in [1.82, 2.24) is 0 Å². The summed E-state index contributed by atoms with van der Waals surface area (Å²) in [7, 11) is 0. The fraction of sp³-hybridized carbons (Fsp3) is 0.136. The van der Waals surface area contributed by atoms with E-state index >= 15 is 0 Å². The van der Waals surface area contributed by atoms with Crippen LogP contribution < -0.4 is 9.64 Å². The smallest absolute Gasteiger partial charge is 0.346 e. The largest absolute Gasteiger partial charge is 0.486 e. The molecule has 1 atom stereocenters. The molecule has 0 spiro atoms. The number of imide groups is 1. The Labute approximate surface area is 191 Å². The molecule has 158 valence electrons. The van der Waals surface area contributed by atoms with Crippen LogP contribution in [-0.4, -0.2) is 22.9 Å². The van der Waals surface area contributed by atoms with Crippen molar-refractivity contribution in [2.75, 3.05) is 4.90 Å². The Balaban J connectivity index is 1.65. The van der Waals surface area contributed by atoms with Gasteiger partial charge in [0.2, 0.25) is 5.91 Å². The monoisotopic (exact) mass is 475 g/mol. The molecule has 0 saturated carbocycles. The average Bonchev–Trinajstić information content (AvgIpc) is 3.12. The zero-order valence-electron chi connectivity index (χ0n) is 16.1. The van der Waals surface area contributed by atoms with Crippen molar-refractivity contribution in [2.24, 2.45) is 0 Å². The lowest BCUT2D eigenvalue weighted by atomic mass is 10.0. The Morgan fingerprint density at radius 2 is 1.84 bits per heavy atom. The number of aromatic carboxylic acids is 1. The summed E-state index contributed by atoms with van der Waals surface area (Å²) < 4.78 is 5.97. The molecule has 2 aromatic carbocycles. The summed E-state index contributed by atoms with van der Waals surface area (Å²) in [6.45, 7) is 1.79. The average molecular weight is 476 g/mol. The van der Waals surface area contributed by atoms with Crippen molar-refractivity contribution >= 4 is 58.0 Å². The van der Waals surface area contributed by atoms with Crippen LogP contribution >= 0.6 is 34.5 Å². The molecular formula is C22H15Cl2NO5S. The van der Waals surface area contributed by atoms with Crippen LogP contribution in [0.15, 0.2) is 47.8 Å². The summed E-state index contributed by atoms with van der Waals surface area (Å²) in [5.41, 5.74) is 1.40. The zero-order valence-corrected chi connectivity index (χ0v) is 18.4. The van der Waals surface area contributed by atoms with E-state index in [0.717, 1.165) is 16.2 Å². The van der Waals surface area contributed by atoms with Gasteiger partial charge in [-0.2, -0.15) is 0 Å². The van der Waals surface area contributed by atoms with E-state index in [1.807, 2.05) is 0 Å². The number of nitrogens with zero attached hydrogens (tertiary/aromatic N) is 1. The summed E-state index contributed by atoms with van der Waals surface area (Å²) >= 11 is 13.4. The van der Waals surface area contributed by atoms with Gasteiger partial charge in [0.05, 0.1) is 17.7 Å². The van der Waals surface area contributed by atoms with Gasteiger partial charge in [-0.15, -0.1) is 11.3 Å². The van der Waals surface area contributed by atoms with E-state index in [2.05, 4.69) is 0 Å². The molecule has 4 rings (SSSR count). The van der Waals surface area contributed by atoms with Crippen LogP contribution in [0.25, 0.3) is 0 Å². The van der Waals surface area contributed by atoms with Gasteiger partial charge in [-0.1, -0.05) is 35.3 Å². The van der Waals surface area contributed by atoms with Gasteiger partial charge in [-0.05, 0) is 42.1 Å². The zero-order chi connectivity index (χ0) is 22.3. The van der Waals surface area contributed by atoms with E-state index in [9.17, 15) is 19.5 Å². The lowest BCUT2D eigenvalue weighted by Crippen LogP contribution is -2.42. The van der Waals surface area contributed by atoms with E-state index in [1.54, 1.807) is 54.8 Å². The highest BCUT2D eigenvalue weighted by molar-refractivity contribution is 7.12. The first-order valence-electron chi connectivity index (χ1n) is 9.19. The number of ether oxygens (including phenoxy) is 1. The number of carboxylic acid groups (broad SMARTS) is 1. The molecule has 1 unspecified atom stereocenters. The van der Waals surface area contributed by atoms with Gasteiger partial charge in [0, 0.05) is 21.7 Å². The first-order valence-corrected chi connectivity index (χ1v) is 10.8. The number of fused-ring (bicyclic) bond motifs is 1. The number of rotatable bonds is 5. The number of thiophene rings is 1. The van der Waals surface area contributed by atoms with Crippen molar-refractivity contribution in [3.05, 3.63) is 79.5 Å². The van der Waals surface area contributed by atoms with E-state index < -0.39 is 23.9 Å². The van der Waals surface area contributed by atoms with Gasteiger partial charge >= 0.3 is 5.97 Å². The quantitative estimate of drug-likeness (QED) is 0.483. The Kier molecular flexibility index (Phi) is 5.75. The Hall–Kier alpha value is -2.87. The summed E-state index contributed by atoms with van der Waals surface area (Å²) in [4.78, 5) is 38.1. The highest BCUT2D eigenvalue weighted by Crippen LogP contribution is 2.36. The minimum atomic E-state index is -1.20. The predicted molar refractivity (Wildman–Crippen MR) is 119 cm³/mol. The van der Waals surface area contributed by atoms with Crippen LogP contribution in [0.3, 0.4) is 0 Å². The Morgan fingerprint density at radius 1 is 1.16 bits per heavy atom. The maximum atomic E-state index is 13.0. The third kappa shape index (κ3) is 3.92. The minimum absolute atomic E-state index is 0.0540. The second-order valence-corrected chi connectivity index (χ2v) is 8.57. The molecule has 0 fully saturated rings. The van der Waals surface area contributed by atoms with Crippen molar-refractivity contribution < 1.29 is 24.2 Å². The first kappa shape index (κ1) is 21.4. The number of benzene rings is 2. The summed E-state index contributed by atoms with van der Waals surface area (Å²) in [6.07, 6.45) is -0.548. The fourth-order valence-electron chi connectivity index (χ4n) is 3.50. The van der Waals surface area contributed by atoms with Gasteiger partial charge in [-0.3, -0.25) is 9.59 Å². The molecule has 1 aliphatic heterocycles. The number of carbonyl (C=O) groups excluding carboxylic acids is 2. The molecule has 9 heteroatoms. The molecule has 1 aliphatic rings. The number of carboxylic acids is 1.